The summed E-state index contributed by atoms with van der Waals surface area (Å²) in [5.74, 6) is 1.33. The number of anilines is 1. The van der Waals surface area contributed by atoms with Crippen molar-refractivity contribution in [3.05, 3.63) is 34.3 Å². The van der Waals surface area contributed by atoms with Crippen molar-refractivity contribution in [3.8, 4) is 11.6 Å². The summed E-state index contributed by atoms with van der Waals surface area (Å²) in [4.78, 5) is 0. The Morgan fingerprint density at radius 3 is 2.59 bits per heavy atom. The first-order valence-corrected chi connectivity index (χ1v) is 5.20. The first-order valence-electron chi connectivity index (χ1n) is 4.82. The van der Waals surface area contributed by atoms with E-state index in [0.717, 1.165) is 11.3 Å². The Morgan fingerprint density at radius 1 is 1.35 bits per heavy atom. The number of nitrogens with one attached hydrogen (secondary N) is 1. The number of nitrogens with two attached hydrogens (primary N) is 1. The van der Waals surface area contributed by atoms with E-state index >= 15 is 0 Å². The fraction of sp³-hybridized carbons (Fsp3) is 0.182. The average Bonchev–Trinajstić information content (AvgIpc) is 2.54. The van der Waals surface area contributed by atoms with E-state index in [1.807, 2.05) is 32.0 Å². The molecule has 0 saturated heterocycles. The number of benzene rings is 1. The molecule has 1 heterocycles. The number of H-pyrrole nitrogens is 1. The maximum absolute atomic E-state index is 5.90. The highest BCUT2D eigenvalue weighted by molar-refractivity contribution is 6.34. The average molecular weight is 274 g/mol. The summed E-state index contributed by atoms with van der Waals surface area (Å²) < 4.78 is 5.56. The number of nitrogens with zero attached hydrogens (tertiary/aromatic N) is 1. The molecule has 0 aliphatic carbocycles. The molecule has 6 heteroatoms. The molecule has 92 valence electrons. The topological polar surface area (TPSA) is 63.9 Å². The van der Waals surface area contributed by atoms with Crippen LogP contribution in [0, 0.1) is 13.8 Å². The molecule has 0 atom stereocenters. The van der Waals surface area contributed by atoms with Crippen LogP contribution in [-0.2, 0) is 0 Å². The van der Waals surface area contributed by atoms with Crippen LogP contribution < -0.4 is 10.5 Å². The van der Waals surface area contributed by atoms with Crippen LogP contribution in [0.2, 0.25) is 5.02 Å². The summed E-state index contributed by atoms with van der Waals surface area (Å²) in [5, 5.41) is 6.73. The fourth-order valence-corrected chi connectivity index (χ4v) is 1.53. The number of hydrogen-bond acceptors (Lipinski definition) is 3. The summed E-state index contributed by atoms with van der Waals surface area (Å²) >= 11 is 5.90. The van der Waals surface area contributed by atoms with Gasteiger partial charge in [0.15, 0.2) is 0 Å². The van der Waals surface area contributed by atoms with Gasteiger partial charge in [0.05, 0.1) is 0 Å². The van der Waals surface area contributed by atoms with Gasteiger partial charge in [-0.25, -0.2) is 0 Å². The molecule has 0 bridgehead atoms. The van der Waals surface area contributed by atoms with Gasteiger partial charge in [0.1, 0.15) is 16.6 Å². The summed E-state index contributed by atoms with van der Waals surface area (Å²) in [7, 11) is 0. The molecule has 0 spiro atoms. The van der Waals surface area contributed by atoms with Crippen LogP contribution in [0.5, 0.6) is 11.6 Å². The Kier molecular flexibility index (Phi) is 4.26. The Hall–Kier alpha value is -1.39. The number of aromatic amines is 1. The number of halogens is 2. The van der Waals surface area contributed by atoms with E-state index in [4.69, 9.17) is 22.1 Å². The minimum Gasteiger partial charge on any atom is -0.436 e. The molecule has 0 aliphatic rings. The summed E-state index contributed by atoms with van der Waals surface area (Å²) in [6.45, 7) is 3.99. The third-order valence-electron chi connectivity index (χ3n) is 2.24. The molecule has 0 amide bonds. The number of ether oxygens (including phenoxy) is 1. The maximum Gasteiger partial charge on any atom is 0.259 e. The predicted octanol–water partition coefficient (Wildman–Crippen LogP) is 3.48. The number of rotatable bonds is 2. The van der Waals surface area contributed by atoms with E-state index < -0.39 is 0 Å². The van der Waals surface area contributed by atoms with Crippen LogP contribution >= 0.6 is 24.0 Å². The largest absolute Gasteiger partial charge is 0.436 e. The lowest BCUT2D eigenvalue weighted by Crippen LogP contribution is -1.89. The van der Waals surface area contributed by atoms with Crippen molar-refractivity contribution in [1.29, 1.82) is 0 Å². The number of aromatic nitrogens is 2. The normalized spacial score (nSPS) is 9.82. The molecule has 0 fully saturated rings. The highest BCUT2D eigenvalue weighted by Gasteiger charge is 2.11. The zero-order chi connectivity index (χ0) is 11.7. The van der Waals surface area contributed by atoms with Crippen LogP contribution in [0.3, 0.4) is 0 Å². The lowest BCUT2D eigenvalue weighted by atomic mass is 10.1. The number of hydrogen-bond donors (Lipinski definition) is 2. The number of nitrogen functional groups attached to an aromatic ring is 1. The zero-order valence-electron chi connectivity index (χ0n) is 9.45. The smallest absolute Gasteiger partial charge is 0.259 e. The van der Waals surface area contributed by atoms with Crippen molar-refractivity contribution in [1.82, 2.24) is 10.2 Å². The summed E-state index contributed by atoms with van der Waals surface area (Å²) in [6, 6.07) is 5.87. The Balaban J connectivity index is 0.00000144. The molecule has 3 N–H and O–H groups in total. The van der Waals surface area contributed by atoms with Crippen molar-refractivity contribution < 1.29 is 4.74 Å². The van der Waals surface area contributed by atoms with Crippen LogP contribution in [0.4, 0.5) is 5.82 Å². The number of aryl methyl sites for hydroxylation is 2. The second-order valence-corrected chi connectivity index (χ2v) is 4.01. The maximum atomic E-state index is 5.90. The van der Waals surface area contributed by atoms with Crippen LogP contribution in [0.1, 0.15) is 11.1 Å². The van der Waals surface area contributed by atoms with E-state index in [1.54, 1.807) is 0 Å². The van der Waals surface area contributed by atoms with E-state index in [1.165, 1.54) is 5.56 Å². The van der Waals surface area contributed by atoms with Gasteiger partial charge in [-0.2, -0.15) is 0 Å². The molecule has 0 aliphatic heterocycles. The molecule has 0 unspecified atom stereocenters. The van der Waals surface area contributed by atoms with E-state index in [2.05, 4.69) is 10.2 Å². The lowest BCUT2D eigenvalue weighted by Gasteiger charge is -2.06. The Labute approximate surface area is 111 Å². The molecule has 2 aromatic rings. The van der Waals surface area contributed by atoms with Gasteiger partial charge >= 0.3 is 0 Å². The van der Waals surface area contributed by atoms with Gasteiger partial charge in [-0.15, -0.1) is 17.5 Å². The van der Waals surface area contributed by atoms with Crippen molar-refractivity contribution in [2.24, 2.45) is 0 Å². The van der Waals surface area contributed by atoms with Gasteiger partial charge in [0.2, 0.25) is 0 Å². The highest BCUT2D eigenvalue weighted by atomic mass is 35.5. The summed E-state index contributed by atoms with van der Waals surface area (Å²) in [5.41, 5.74) is 7.73. The van der Waals surface area contributed by atoms with Crippen LogP contribution in [0.25, 0.3) is 0 Å². The molecule has 4 nitrogen and oxygen atoms in total. The van der Waals surface area contributed by atoms with Crippen molar-refractivity contribution in [3.63, 3.8) is 0 Å². The van der Waals surface area contributed by atoms with Crippen molar-refractivity contribution >= 4 is 29.8 Å². The monoisotopic (exact) mass is 273 g/mol. The Bertz CT molecular complexity index is 525. The van der Waals surface area contributed by atoms with Gasteiger partial charge in [0.25, 0.3) is 5.88 Å². The van der Waals surface area contributed by atoms with Crippen LogP contribution in [-0.4, -0.2) is 10.2 Å². The SMILES string of the molecule is Cc1ccc(Oc2n[nH]c(N)c2Cl)c(C)c1.Cl. The third kappa shape index (κ3) is 2.84. The van der Waals surface area contributed by atoms with Crippen LogP contribution in [0.15, 0.2) is 18.2 Å². The lowest BCUT2D eigenvalue weighted by molar-refractivity contribution is 0.458. The van der Waals surface area contributed by atoms with Gasteiger partial charge in [0, 0.05) is 0 Å². The fourth-order valence-electron chi connectivity index (χ4n) is 1.41. The quantitative estimate of drug-likeness (QED) is 0.881. The molecule has 17 heavy (non-hydrogen) atoms. The van der Waals surface area contributed by atoms with E-state index in [9.17, 15) is 0 Å². The first kappa shape index (κ1) is 13.7. The van der Waals surface area contributed by atoms with Gasteiger partial charge < -0.3 is 10.5 Å². The molecular formula is C11H13Cl2N3O. The molecular weight excluding hydrogens is 261 g/mol. The van der Waals surface area contributed by atoms with Crippen molar-refractivity contribution in [2.45, 2.75) is 13.8 Å². The van der Waals surface area contributed by atoms with Gasteiger partial charge in [-0.1, -0.05) is 29.3 Å². The third-order valence-corrected chi connectivity index (χ3v) is 2.60. The summed E-state index contributed by atoms with van der Waals surface area (Å²) in [6.07, 6.45) is 0. The molecule has 1 aromatic heterocycles. The predicted molar refractivity (Wildman–Crippen MR) is 71.2 cm³/mol. The van der Waals surface area contributed by atoms with E-state index in [0.29, 0.717) is 16.7 Å². The molecule has 0 saturated carbocycles. The molecule has 0 radical (unpaired) electrons. The molecule has 1 aromatic carbocycles. The highest BCUT2D eigenvalue weighted by Crippen LogP contribution is 2.32. The van der Waals surface area contributed by atoms with Gasteiger partial charge in [-0.05, 0) is 25.5 Å². The first-order chi connectivity index (χ1) is 7.58. The minimum atomic E-state index is 0. The van der Waals surface area contributed by atoms with Gasteiger partial charge in [-0.3, -0.25) is 5.10 Å². The Morgan fingerprint density at radius 2 is 2.06 bits per heavy atom. The molecule has 2 rings (SSSR count). The minimum absolute atomic E-state index is 0. The second kappa shape index (κ2) is 5.29. The standard InChI is InChI=1S/C11H12ClN3O.ClH/c1-6-3-4-8(7(2)5-6)16-11-9(12)10(13)14-15-11;/h3-5H,1-2H3,(H3,13,14,15);1H. The van der Waals surface area contributed by atoms with E-state index in [-0.39, 0.29) is 12.4 Å². The second-order valence-electron chi connectivity index (χ2n) is 3.63. The van der Waals surface area contributed by atoms with Crippen molar-refractivity contribution in [2.75, 3.05) is 5.73 Å². The zero-order valence-corrected chi connectivity index (χ0v) is 11.0.